The van der Waals surface area contributed by atoms with E-state index >= 15 is 0 Å². The Morgan fingerprint density at radius 3 is 2.64 bits per heavy atom. The standard InChI is InChI=1S/C41H43N7O5/c1-6-8-36(49)48-27(7-2)12-16-34(48)39-44-31-14-11-24-18-30-28-13-10-25(17-26(28)21-53-35(30)19-29(24)37(31)46-39)32-20-42-38(45-32)33-15-9-22(3)47(33)40(50)23(4)43-41(51)52-5/h2,10-11,13-14,17-20,22-23,27,33-34H,6,8-9,12,15-16,21H2,1,3-5H3,(H,42,45)(H,43,51)(H,44,46)/t22-,23-,27-,33-,34-/m0/s1. The van der Waals surface area contributed by atoms with Crippen molar-refractivity contribution in [2.45, 2.75) is 96.1 Å². The number of nitrogens with one attached hydrogen (secondary N) is 3. The van der Waals surface area contributed by atoms with Crippen molar-refractivity contribution < 1.29 is 23.9 Å². The summed E-state index contributed by atoms with van der Waals surface area (Å²) in [6.07, 6.45) is 11.4. The zero-order chi connectivity index (χ0) is 37.0. The van der Waals surface area contributed by atoms with Crippen molar-refractivity contribution in [2.24, 2.45) is 0 Å². The molecule has 2 saturated heterocycles. The molecule has 12 nitrogen and oxygen atoms in total. The Labute approximate surface area is 307 Å². The molecule has 53 heavy (non-hydrogen) atoms. The number of hydrogen-bond acceptors (Lipinski definition) is 7. The molecule has 5 heterocycles. The number of likely N-dealkylation sites (tertiary alicyclic amines) is 2. The SMILES string of the molecule is C#C[C@H]1CC[C@@H](c2nc3c(ccc4cc5c(cc43)OCc3cc(-c4cnc([C@@H]6CC[C@H](C)N6C(=O)[C@H](C)NC(=O)OC)[nH]4)ccc3-5)[nH]2)N1C(=O)CCC. The molecule has 0 spiro atoms. The summed E-state index contributed by atoms with van der Waals surface area (Å²) in [4.78, 5) is 58.7. The molecule has 0 radical (unpaired) electrons. The number of benzene rings is 3. The molecular weight excluding hydrogens is 670 g/mol. The second-order valence-corrected chi connectivity index (χ2v) is 14.4. The summed E-state index contributed by atoms with van der Waals surface area (Å²) in [6, 6.07) is 13.4. The fourth-order valence-corrected chi connectivity index (χ4v) is 8.36. The number of amides is 3. The van der Waals surface area contributed by atoms with E-state index < -0.39 is 12.1 Å². The number of H-pyrrole nitrogens is 2. The molecular formula is C41H43N7O5. The molecule has 3 aliphatic heterocycles. The number of hydrogen-bond donors (Lipinski definition) is 3. The molecule has 2 fully saturated rings. The van der Waals surface area contributed by atoms with Crippen LogP contribution >= 0.6 is 0 Å². The smallest absolute Gasteiger partial charge is 0.407 e. The first-order valence-electron chi connectivity index (χ1n) is 18.4. The minimum absolute atomic E-state index is 0.00619. The van der Waals surface area contributed by atoms with Gasteiger partial charge in [-0.05, 0) is 92.3 Å². The van der Waals surface area contributed by atoms with Crippen LogP contribution in [-0.2, 0) is 20.9 Å². The first-order chi connectivity index (χ1) is 25.7. The number of carbonyl (C=O) groups is 3. The molecule has 0 bridgehead atoms. The highest BCUT2D eigenvalue weighted by Crippen LogP contribution is 2.44. The van der Waals surface area contributed by atoms with Crippen molar-refractivity contribution in [1.82, 2.24) is 35.1 Å². The van der Waals surface area contributed by atoms with Crippen LogP contribution in [0.1, 0.15) is 88.6 Å². The molecule has 0 saturated carbocycles. The summed E-state index contributed by atoms with van der Waals surface area (Å²) in [5.74, 6) is 4.99. The number of rotatable bonds is 7. The van der Waals surface area contributed by atoms with E-state index in [-0.39, 0.29) is 36.0 Å². The Hall–Kier alpha value is -5.83. The van der Waals surface area contributed by atoms with E-state index in [2.05, 4.69) is 62.3 Å². The molecule has 12 heteroatoms. The highest BCUT2D eigenvalue weighted by Gasteiger charge is 2.40. The Morgan fingerprint density at radius 2 is 1.85 bits per heavy atom. The quantitative estimate of drug-likeness (QED) is 0.155. The van der Waals surface area contributed by atoms with Gasteiger partial charge < -0.3 is 34.6 Å². The summed E-state index contributed by atoms with van der Waals surface area (Å²) in [5.41, 5.74) is 6.74. The number of aromatic amines is 2. The molecule has 2 aromatic heterocycles. The summed E-state index contributed by atoms with van der Waals surface area (Å²) in [6.45, 7) is 6.09. The van der Waals surface area contributed by atoms with Crippen molar-refractivity contribution >= 4 is 39.7 Å². The van der Waals surface area contributed by atoms with Gasteiger partial charge >= 0.3 is 6.09 Å². The molecule has 3 N–H and O–H groups in total. The monoisotopic (exact) mass is 713 g/mol. The number of alkyl carbamates (subject to hydrolysis) is 1. The van der Waals surface area contributed by atoms with Crippen LogP contribution in [0.2, 0.25) is 0 Å². The van der Waals surface area contributed by atoms with E-state index in [1.807, 2.05) is 35.9 Å². The van der Waals surface area contributed by atoms with Gasteiger partial charge in [0.25, 0.3) is 0 Å². The van der Waals surface area contributed by atoms with Gasteiger partial charge in [-0.2, -0.15) is 0 Å². The summed E-state index contributed by atoms with van der Waals surface area (Å²) < 4.78 is 11.1. The fraction of sp³-hybridized carbons (Fsp3) is 0.390. The predicted molar refractivity (Wildman–Crippen MR) is 201 cm³/mol. The number of ether oxygens (including phenoxy) is 2. The van der Waals surface area contributed by atoms with Crippen LogP contribution < -0.4 is 10.1 Å². The van der Waals surface area contributed by atoms with Gasteiger partial charge in [-0.1, -0.05) is 31.0 Å². The van der Waals surface area contributed by atoms with Gasteiger partial charge in [-0.25, -0.2) is 14.8 Å². The second-order valence-electron chi connectivity index (χ2n) is 14.4. The number of terminal acetylenes is 1. The second kappa shape index (κ2) is 13.6. The van der Waals surface area contributed by atoms with Crippen molar-refractivity contribution in [1.29, 1.82) is 0 Å². The fourth-order valence-electron chi connectivity index (χ4n) is 8.36. The maximum Gasteiger partial charge on any atom is 0.407 e. The van der Waals surface area contributed by atoms with E-state index in [1.165, 1.54) is 7.11 Å². The van der Waals surface area contributed by atoms with Crippen LogP contribution in [-0.4, -0.2) is 72.9 Å². The van der Waals surface area contributed by atoms with Crippen molar-refractivity contribution in [3.05, 3.63) is 65.9 Å². The molecule has 272 valence electrons. The summed E-state index contributed by atoms with van der Waals surface area (Å²) >= 11 is 0. The average molecular weight is 714 g/mol. The maximum atomic E-state index is 13.4. The van der Waals surface area contributed by atoms with E-state index in [4.69, 9.17) is 21.1 Å². The zero-order valence-corrected chi connectivity index (χ0v) is 30.4. The van der Waals surface area contributed by atoms with Crippen molar-refractivity contribution in [3.63, 3.8) is 0 Å². The lowest BCUT2D eigenvalue weighted by atomic mass is 9.92. The van der Waals surface area contributed by atoms with Gasteiger partial charge in [0.05, 0.1) is 48.2 Å². The van der Waals surface area contributed by atoms with Crippen LogP contribution in [0.25, 0.3) is 44.2 Å². The van der Waals surface area contributed by atoms with E-state index in [0.29, 0.717) is 18.9 Å². The highest BCUT2D eigenvalue weighted by atomic mass is 16.5. The number of fused-ring (bicyclic) bond motifs is 6. The predicted octanol–water partition coefficient (Wildman–Crippen LogP) is 6.93. The Bertz CT molecular complexity index is 2300. The molecule has 8 rings (SSSR count). The lowest BCUT2D eigenvalue weighted by Crippen LogP contribution is -2.48. The molecule has 5 atom stereocenters. The molecule has 0 aliphatic carbocycles. The normalized spacial score (nSPS) is 21.2. The van der Waals surface area contributed by atoms with Crippen LogP contribution in [0.5, 0.6) is 5.75 Å². The largest absolute Gasteiger partial charge is 0.488 e. The molecule has 3 aromatic carbocycles. The van der Waals surface area contributed by atoms with Crippen LogP contribution in [0.4, 0.5) is 4.79 Å². The van der Waals surface area contributed by atoms with Gasteiger partial charge in [0.15, 0.2) is 0 Å². The Balaban J connectivity index is 1.06. The first-order valence-corrected chi connectivity index (χ1v) is 18.4. The minimum atomic E-state index is -0.726. The number of aromatic nitrogens is 4. The van der Waals surface area contributed by atoms with Crippen molar-refractivity contribution in [3.8, 4) is 40.5 Å². The summed E-state index contributed by atoms with van der Waals surface area (Å²) in [7, 11) is 1.28. The zero-order valence-electron chi connectivity index (χ0n) is 30.4. The van der Waals surface area contributed by atoms with Crippen molar-refractivity contribution in [2.75, 3.05) is 7.11 Å². The van der Waals surface area contributed by atoms with E-state index in [1.54, 1.807) is 6.92 Å². The van der Waals surface area contributed by atoms with Gasteiger partial charge in [-0.15, -0.1) is 6.42 Å². The first kappa shape index (κ1) is 34.3. The van der Waals surface area contributed by atoms with Gasteiger partial charge in [0, 0.05) is 23.4 Å². The number of imidazole rings is 2. The molecule has 5 aromatic rings. The maximum absolute atomic E-state index is 13.4. The Kier molecular flexibility index (Phi) is 8.80. The number of nitrogens with zero attached hydrogens (tertiary/aromatic N) is 4. The number of carbonyl (C=O) groups excluding carboxylic acids is 3. The number of methoxy groups -OCH3 is 1. The topological polar surface area (TPSA) is 146 Å². The third-order valence-electron chi connectivity index (χ3n) is 11.0. The van der Waals surface area contributed by atoms with Crippen LogP contribution in [0.3, 0.4) is 0 Å². The average Bonchev–Trinajstić information content (AvgIpc) is 3.98. The van der Waals surface area contributed by atoms with Gasteiger partial charge in [0.1, 0.15) is 30.0 Å². The van der Waals surface area contributed by atoms with Gasteiger partial charge in [-0.3, -0.25) is 9.59 Å². The third-order valence-corrected chi connectivity index (χ3v) is 11.0. The lowest BCUT2D eigenvalue weighted by Gasteiger charge is -2.30. The Morgan fingerprint density at radius 1 is 1.04 bits per heavy atom. The van der Waals surface area contributed by atoms with E-state index in [0.717, 1.165) is 93.4 Å². The van der Waals surface area contributed by atoms with Crippen LogP contribution in [0.15, 0.2) is 48.7 Å². The molecule has 0 unspecified atom stereocenters. The summed E-state index contributed by atoms with van der Waals surface area (Å²) in [5, 5.41) is 4.61. The highest BCUT2D eigenvalue weighted by molar-refractivity contribution is 6.07. The minimum Gasteiger partial charge on any atom is -0.488 e. The third kappa shape index (κ3) is 5.94. The van der Waals surface area contributed by atoms with Crippen LogP contribution in [0, 0.1) is 12.3 Å². The lowest BCUT2D eigenvalue weighted by molar-refractivity contribution is -0.136. The molecule has 3 aliphatic rings. The van der Waals surface area contributed by atoms with E-state index in [9.17, 15) is 14.4 Å². The van der Waals surface area contributed by atoms with Gasteiger partial charge in [0.2, 0.25) is 11.8 Å². The molecule has 3 amide bonds.